The molecule has 1 atom stereocenters. The number of halogens is 5. The summed E-state index contributed by atoms with van der Waals surface area (Å²) in [4.78, 5) is 13.5. The van der Waals surface area contributed by atoms with Crippen molar-refractivity contribution < 1.29 is 4.79 Å². The molecule has 10 heteroatoms. The number of aryl methyl sites for hydroxylation is 1. The van der Waals surface area contributed by atoms with E-state index in [-0.39, 0.29) is 11.0 Å². The lowest BCUT2D eigenvalue weighted by Gasteiger charge is -2.30. The minimum absolute atomic E-state index is 0.179. The highest BCUT2D eigenvalue weighted by molar-refractivity contribution is 9.11. The topological polar surface area (TPSA) is 53.2 Å². The average molecular weight is 665 g/mol. The zero-order valence-corrected chi connectivity index (χ0v) is 24.0. The van der Waals surface area contributed by atoms with Crippen LogP contribution in [-0.2, 0) is 4.79 Å². The molecule has 0 bridgehead atoms. The Morgan fingerprint density at radius 2 is 1.44 bits per heavy atom. The second-order valence-corrected chi connectivity index (χ2v) is 12.0. The molecule has 0 saturated heterocycles. The summed E-state index contributed by atoms with van der Waals surface area (Å²) >= 11 is 31.1. The number of thiocarbonyl (C=S) groups is 1. The van der Waals surface area contributed by atoms with E-state index in [4.69, 9.17) is 47.0 Å². The van der Waals surface area contributed by atoms with E-state index >= 15 is 0 Å². The van der Waals surface area contributed by atoms with E-state index in [1.54, 1.807) is 0 Å². The summed E-state index contributed by atoms with van der Waals surface area (Å²) in [5.74, 6) is -0.950. The van der Waals surface area contributed by atoms with Crippen molar-refractivity contribution in [3.05, 3.63) is 98.4 Å². The van der Waals surface area contributed by atoms with Crippen LogP contribution in [0.2, 0.25) is 0 Å². The fourth-order valence-electron chi connectivity index (χ4n) is 3.35. The molecule has 3 N–H and O–H groups in total. The molecule has 0 heterocycles. The van der Waals surface area contributed by atoms with Crippen LogP contribution in [0.25, 0.3) is 0 Å². The monoisotopic (exact) mass is 661 g/mol. The minimum Gasteiger partial charge on any atom is -0.339 e. The van der Waals surface area contributed by atoms with Crippen LogP contribution in [0.15, 0.2) is 81.7 Å². The lowest BCUT2D eigenvalue weighted by atomic mass is 9.90. The average Bonchev–Trinajstić information content (AvgIpc) is 2.77. The van der Waals surface area contributed by atoms with Crippen molar-refractivity contribution in [1.82, 2.24) is 10.6 Å². The molecule has 3 rings (SSSR count). The normalized spacial score (nSPS) is 12.2. The van der Waals surface area contributed by atoms with Gasteiger partial charge in [-0.1, -0.05) is 111 Å². The Morgan fingerprint density at radius 3 is 1.91 bits per heavy atom. The lowest BCUT2D eigenvalue weighted by molar-refractivity contribution is -0.122. The zero-order chi connectivity index (χ0) is 24.9. The van der Waals surface area contributed by atoms with Gasteiger partial charge in [0.2, 0.25) is 9.70 Å². The van der Waals surface area contributed by atoms with Crippen LogP contribution >= 0.6 is 78.9 Å². The molecule has 0 saturated carbocycles. The maximum atomic E-state index is 13.5. The summed E-state index contributed by atoms with van der Waals surface area (Å²) in [6.45, 7) is 1.93. The molecule has 3 aromatic rings. The summed E-state index contributed by atoms with van der Waals surface area (Å²) in [7, 11) is 0. The first-order valence-corrected chi connectivity index (χ1v) is 13.2. The Bertz CT molecular complexity index is 1100. The largest absolute Gasteiger partial charge is 0.339 e. The summed E-state index contributed by atoms with van der Waals surface area (Å²) in [6.07, 6.45) is -1.10. The van der Waals surface area contributed by atoms with Crippen LogP contribution in [-0.4, -0.2) is 21.0 Å². The molecule has 3 aromatic carbocycles. The van der Waals surface area contributed by atoms with Gasteiger partial charge in [0.05, 0.1) is 11.6 Å². The molecule has 0 aliphatic rings. The third-order valence-electron chi connectivity index (χ3n) is 4.91. The molecular weight excluding hydrogens is 645 g/mol. The number of carbonyl (C=O) groups is 1. The van der Waals surface area contributed by atoms with Gasteiger partial charge in [0.25, 0.3) is 0 Å². The molecular formula is C24H20Br2Cl3N3OS. The fraction of sp³-hybridized carbons (Fsp3) is 0.167. The highest BCUT2D eigenvalue weighted by Crippen LogP contribution is 2.32. The Balaban J connectivity index is 1.83. The van der Waals surface area contributed by atoms with Gasteiger partial charge >= 0.3 is 0 Å². The third-order valence-corrected chi connectivity index (χ3v) is 6.87. The zero-order valence-electron chi connectivity index (χ0n) is 17.8. The van der Waals surface area contributed by atoms with Gasteiger partial charge in [-0.25, -0.2) is 0 Å². The number of carbonyl (C=O) groups excluding carboxylic acids is 1. The molecule has 0 aromatic heterocycles. The van der Waals surface area contributed by atoms with Gasteiger partial charge in [-0.15, -0.1) is 0 Å². The van der Waals surface area contributed by atoms with E-state index in [0.717, 1.165) is 31.3 Å². The third kappa shape index (κ3) is 7.33. The molecule has 0 aliphatic carbocycles. The van der Waals surface area contributed by atoms with Gasteiger partial charge in [-0.3, -0.25) is 4.79 Å². The molecule has 0 radical (unpaired) electrons. The second-order valence-electron chi connectivity index (χ2n) is 7.42. The molecule has 34 heavy (non-hydrogen) atoms. The predicted octanol–water partition coefficient (Wildman–Crippen LogP) is 7.45. The van der Waals surface area contributed by atoms with Gasteiger partial charge in [-0.05, 0) is 63.9 Å². The number of nitrogens with one attached hydrogen (secondary N) is 3. The smallest absolute Gasteiger partial charge is 0.233 e. The van der Waals surface area contributed by atoms with E-state index in [2.05, 4.69) is 47.8 Å². The lowest BCUT2D eigenvalue weighted by Crippen LogP contribution is -2.57. The molecule has 178 valence electrons. The van der Waals surface area contributed by atoms with Crippen molar-refractivity contribution in [2.75, 3.05) is 5.32 Å². The SMILES string of the molecule is Cc1cc(Br)cc(Br)c1NC(=S)N[C@@H](NC(=O)C(c1ccccc1)c1ccccc1)C(Cl)(Cl)Cl. The van der Waals surface area contributed by atoms with Crippen LogP contribution in [0.1, 0.15) is 22.6 Å². The molecule has 0 unspecified atom stereocenters. The molecule has 0 fully saturated rings. The Morgan fingerprint density at radius 1 is 0.912 bits per heavy atom. The number of amides is 1. The number of anilines is 1. The molecule has 0 spiro atoms. The number of rotatable bonds is 6. The molecule has 4 nitrogen and oxygen atoms in total. The van der Waals surface area contributed by atoms with Gasteiger partial charge < -0.3 is 16.0 Å². The Labute approximate surface area is 236 Å². The van der Waals surface area contributed by atoms with Crippen LogP contribution in [0.5, 0.6) is 0 Å². The maximum Gasteiger partial charge on any atom is 0.233 e. The van der Waals surface area contributed by atoms with Gasteiger partial charge in [0, 0.05) is 8.95 Å². The minimum atomic E-state index is -1.88. The van der Waals surface area contributed by atoms with Crippen molar-refractivity contribution in [1.29, 1.82) is 0 Å². The maximum absolute atomic E-state index is 13.5. The fourth-order valence-corrected chi connectivity index (χ4v) is 5.44. The highest BCUT2D eigenvalue weighted by atomic mass is 79.9. The summed E-state index contributed by atoms with van der Waals surface area (Å²) in [5.41, 5.74) is 3.31. The van der Waals surface area contributed by atoms with Crippen molar-refractivity contribution in [3.63, 3.8) is 0 Å². The van der Waals surface area contributed by atoms with Crippen LogP contribution in [0.3, 0.4) is 0 Å². The van der Waals surface area contributed by atoms with Crippen LogP contribution in [0.4, 0.5) is 5.69 Å². The van der Waals surface area contributed by atoms with Gasteiger partial charge in [0.1, 0.15) is 6.17 Å². The van der Waals surface area contributed by atoms with Crippen molar-refractivity contribution in [2.24, 2.45) is 0 Å². The standard InChI is InChI=1S/C24H20Br2Cl3N3OS/c1-14-12-17(25)13-18(26)20(14)30-23(34)32-22(24(27,28)29)31-21(33)19(15-8-4-2-5-9-15)16-10-6-3-7-11-16/h2-13,19,22H,1H3,(H,31,33)(H2,30,32,34)/t22-/m1/s1. The summed E-state index contributed by atoms with van der Waals surface area (Å²) in [6, 6.07) is 22.6. The predicted molar refractivity (Wildman–Crippen MR) is 153 cm³/mol. The highest BCUT2D eigenvalue weighted by Gasteiger charge is 2.36. The summed E-state index contributed by atoms with van der Waals surface area (Å²) in [5, 5.41) is 9.02. The quantitative estimate of drug-likeness (QED) is 0.146. The number of benzene rings is 3. The van der Waals surface area contributed by atoms with E-state index in [9.17, 15) is 4.79 Å². The Hall–Kier alpha value is -1.35. The second kappa shape index (κ2) is 12.1. The van der Waals surface area contributed by atoms with E-state index in [1.165, 1.54) is 0 Å². The summed E-state index contributed by atoms with van der Waals surface area (Å²) < 4.78 is -0.169. The van der Waals surface area contributed by atoms with E-state index in [0.29, 0.717) is 0 Å². The van der Waals surface area contributed by atoms with Gasteiger partial charge in [0.15, 0.2) is 5.11 Å². The van der Waals surface area contributed by atoms with Crippen LogP contribution < -0.4 is 16.0 Å². The number of alkyl halides is 3. The van der Waals surface area contributed by atoms with Crippen LogP contribution in [0, 0.1) is 6.92 Å². The molecule has 0 aliphatic heterocycles. The van der Waals surface area contributed by atoms with Gasteiger partial charge in [-0.2, -0.15) is 0 Å². The number of hydrogen-bond donors (Lipinski definition) is 3. The number of hydrogen-bond acceptors (Lipinski definition) is 2. The van der Waals surface area contributed by atoms with Crippen molar-refractivity contribution >= 4 is 95.6 Å². The first kappa shape index (κ1) is 27.2. The van der Waals surface area contributed by atoms with E-state index < -0.39 is 15.9 Å². The van der Waals surface area contributed by atoms with Crippen molar-refractivity contribution in [2.45, 2.75) is 22.8 Å². The molecule has 1 amide bonds. The Kier molecular flexibility index (Phi) is 9.66. The first-order chi connectivity index (χ1) is 16.1. The first-order valence-electron chi connectivity index (χ1n) is 10.1. The van der Waals surface area contributed by atoms with E-state index in [1.807, 2.05) is 79.7 Å². The van der Waals surface area contributed by atoms with Crippen molar-refractivity contribution in [3.8, 4) is 0 Å².